The fourth-order valence-electron chi connectivity index (χ4n) is 3.40. The van der Waals surface area contributed by atoms with Crippen molar-refractivity contribution in [2.75, 3.05) is 30.3 Å². The van der Waals surface area contributed by atoms with Crippen molar-refractivity contribution in [3.63, 3.8) is 0 Å². The molecule has 0 radical (unpaired) electrons. The van der Waals surface area contributed by atoms with Crippen molar-refractivity contribution in [1.82, 2.24) is 4.90 Å². The SMILES string of the molecule is Cc1cccc(C)c1NC(=O)CN(CC(=O)Nc1c(C)cccc1C)C[C@@H](C)C#N. The first-order valence-corrected chi connectivity index (χ1v) is 10.0. The van der Waals surface area contributed by atoms with Crippen molar-refractivity contribution < 1.29 is 9.59 Å². The smallest absolute Gasteiger partial charge is 0.238 e. The van der Waals surface area contributed by atoms with Gasteiger partial charge in [-0.1, -0.05) is 36.4 Å². The molecule has 0 aliphatic heterocycles. The van der Waals surface area contributed by atoms with E-state index < -0.39 is 0 Å². The van der Waals surface area contributed by atoms with Gasteiger partial charge in [0.2, 0.25) is 11.8 Å². The molecule has 0 aliphatic carbocycles. The zero-order chi connectivity index (χ0) is 22.3. The van der Waals surface area contributed by atoms with Crippen LogP contribution in [0.2, 0.25) is 0 Å². The zero-order valence-corrected chi connectivity index (χ0v) is 18.4. The summed E-state index contributed by atoms with van der Waals surface area (Å²) >= 11 is 0. The molecule has 30 heavy (non-hydrogen) atoms. The predicted octanol–water partition coefficient (Wildman–Crippen LogP) is 3.96. The summed E-state index contributed by atoms with van der Waals surface area (Å²) in [5.74, 6) is -0.721. The molecule has 0 saturated heterocycles. The van der Waals surface area contributed by atoms with Gasteiger partial charge in [-0.15, -0.1) is 0 Å². The summed E-state index contributed by atoms with van der Waals surface area (Å²) in [6.45, 7) is 9.93. The van der Waals surface area contributed by atoms with Crippen LogP contribution in [0.5, 0.6) is 0 Å². The van der Waals surface area contributed by atoms with Crippen LogP contribution in [0.1, 0.15) is 29.2 Å². The molecule has 0 spiro atoms. The van der Waals surface area contributed by atoms with E-state index in [4.69, 9.17) is 0 Å². The number of nitrogens with zero attached hydrogens (tertiary/aromatic N) is 2. The van der Waals surface area contributed by atoms with Crippen molar-refractivity contribution in [2.24, 2.45) is 5.92 Å². The summed E-state index contributed by atoms with van der Waals surface area (Å²) in [4.78, 5) is 27.1. The van der Waals surface area contributed by atoms with Crippen LogP contribution in [0.3, 0.4) is 0 Å². The molecule has 2 aromatic rings. The highest BCUT2D eigenvalue weighted by Crippen LogP contribution is 2.20. The summed E-state index contributed by atoms with van der Waals surface area (Å²) in [6, 6.07) is 13.8. The van der Waals surface area contributed by atoms with Crippen LogP contribution in [0.15, 0.2) is 36.4 Å². The van der Waals surface area contributed by atoms with Gasteiger partial charge in [-0.3, -0.25) is 14.5 Å². The Kier molecular flexibility index (Phi) is 8.14. The number of para-hydroxylation sites is 2. The molecule has 0 fully saturated rings. The van der Waals surface area contributed by atoms with Gasteiger partial charge in [0.1, 0.15) is 0 Å². The number of benzene rings is 2. The average Bonchev–Trinajstić information content (AvgIpc) is 2.67. The number of carbonyl (C=O) groups excluding carboxylic acids is 2. The molecule has 2 aromatic carbocycles. The number of rotatable bonds is 8. The first-order chi connectivity index (χ1) is 14.2. The van der Waals surface area contributed by atoms with E-state index in [1.54, 1.807) is 11.8 Å². The summed E-state index contributed by atoms with van der Waals surface area (Å²) in [6.07, 6.45) is 0. The van der Waals surface area contributed by atoms with Gasteiger partial charge in [-0.25, -0.2) is 0 Å². The lowest BCUT2D eigenvalue weighted by molar-refractivity contribution is -0.120. The summed E-state index contributed by atoms with van der Waals surface area (Å²) < 4.78 is 0. The average molecular weight is 407 g/mol. The fraction of sp³-hybridized carbons (Fsp3) is 0.375. The van der Waals surface area contributed by atoms with Gasteiger partial charge < -0.3 is 10.6 Å². The molecule has 2 N–H and O–H groups in total. The number of nitrogens with one attached hydrogen (secondary N) is 2. The molecule has 1 atom stereocenters. The van der Waals surface area contributed by atoms with E-state index in [2.05, 4.69) is 16.7 Å². The molecule has 0 saturated carbocycles. The largest absolute Gasteiger partial charge is 0.324 e. The molecule has 0 bridgehead atoms. The van der Waals surface area contributed by atoms with Crippen LogP contribution in [0.4, 0.5) is 11.4 Å². The van der Waals surface area contributed by atoms with E-state index in [9.17, 15) is 14.9 Å². The fourth-order valence-corrected chi connectivity index (χ4v) is 3.40. The number of carbonyl (C=O) groups is 2. The highest BCUT2D eigenvalue weighted by molar-refractivity contribution is 5.96. The summed E-state index contributed by atoms with van der Waals surface area (Å²) in [5.41, 5.74) is 5.49. The molecule has 0 aromatic heterocycles. The minimum atomic E-state index is -0.300. The maximum atomic E-state index is 12.7. The van der Waals surface area contributed by atoms with Gasteiger partial charge in [0.05, 0.1) is 25.1 Å². The third-order valence-electron chi connectivity index (χ3n) is 4.98. The third-order valence-corrected chi connectivity index (χ3v) is 4.98. The molecule has 0 unspecified atom stereocenters. The van der Waals surface area contributed by atoms with Crippen molar-refractivity contribution in [1.29, 1.82) is 5.26 Å². The Morgan fingerprint density at radius 3 is 1.57 bits per heavy atom. The second kappa shape index (κ2) is 10.6. The van der Waals surface area contributed by atoms with Gasteiger partial charge in [-0.05, 0) is 56.9 Å². The minimum Gasteiger partial charge on any atom is -0.324 e. The number of nitriles is 1. The van der Waals surface area contributed by atoms with E-state index in [-0.39, 0.29) is 30.8 Å². The van der Waals surface area contributed by atoms with Crippen molar-refractivity contribution in [3.8, 4) is 6.07 Å². The maximum Gasteiger partial charge on any atom is 0.238 e. The number of amides is 2. The van der Waals surface area contributed by atoms with Gasteiger partial charge >= 0.3 is 0 Å². The summed E-state index contributed by atoms with van der Waals surface area (Å²) in [5, 5.41) is 15.1. The minimum absolute atomic E-state index is 0.0277. The topological polar surface area (TPSA) is 85.2 Å². The molecule has 6 heteroatoms. The number of aryl methyl sites for hydroxylation is 4. The Hall–Kier alpha value is -3.17. The molecule has 6 nitrogen and oxygen atoms in total. The van der Waals surface area contributed by atoms with Crippen molar-refractivity contribution in [3.05, 3.63) is 58.7 Å². The Labute approximate surface area is 178 Å². The van der Waals surface area contributed by atoms with Gasteiger partial charge in [0.15, 0.2) is 0 Å². The first-order valence-electron chi connectivity index (χ1n) is 10.0. The molecule has 2 amide bonds. The van der Waals surface area contributed by atoms with E-state index in [0.717, 1.165) is 33.6 Å². The molecule has 0 heterocycles. The Bertz CT molecular complexity index is 854. The number of hydrogen-bond acceptors (Lipinski definition) is 4. The third kappa shape index (κ3) is 6.43. The molecule has 2 rings (SSSR count). The van der Waals surface area contributed by atoms with E-state index in [0.29, 0.717) is 6.54 Å². The molecular formula is C24H30N4O2. The van der Waals surface area contributed by atoms with E-state index in [1.165, 1.54) is 0 Å². The Morgan fingerprint density at radius 2 is 1.23 bits per heavy atom. The lowest BCUT2D eigenvalue weighted by atomic mass is 10.1. The van der Waals surface area contributed by atoms with E-state index in [1.807, 2.05) is 64.1 Å². The summed E-state index contributed by atoms with van der Waals surface area (Å²) in [7, 11) is 0. The molecular weight excluding hydrogens is 376 g/mol. The Morgan fingerprint density at radius 1 is 0.867 bits per heavy atom. The molecule has 0 aliphatic rings. The van der Waals surface area contributed by atoms with Crippen LogP contribution in [-0.4, -0.2) is 36.3 Å². The van der Waals surface area contributed by atoms with Crippen LogP contribution >= 0.6 is 0 Å². The van der Waals surface area contributed by atoms with E-state index >= 15 is 0 Å². The second-order valence-electron chi connectivity index (χ2n) is 7.83. The monoisotopic (exact) mass is 406 g/mol. The first kappa shape index (κ1) is 23.1. The highest BCUT2D eigenvalue weighted by Gasteiger charge is 2.19. The normalized spacial score (nSPS) is 11.6. The number of anilines is 2. The standard InChI is InChI=1S/C24H30N4O2/c1-16(12-25)13-28(14-21(29)26-23-17(2)8-6-9-18(23)3)15-22(30)27-24-19(4)10-7-11-20(24)5/h6-11,16H,13-15H2,1-5H3,(H,26,29)(H,27,30)/t16-/m0/s1. The molecule has 158 valence electrons. The van der Waals surface area contributed by atoms with Crippen LogP contribution in [0.25, 0.3) is 0 Å². The van der Waals surface area contributed by atoms with Gasteiger partial charge in [0, 0.05) is 17.9 Å². The second-order valence-corrected chi connectivity index (χ2v) is 7.83. The highest BCUT2D eigenvalue weighted by atomic mass is 16.2. The van der Waals surface area contributed by atoms with Crippen LogP contribution < -0.4 is 10.6 Å². The quantitative estimate of drug-likeness (QED) is 0.695. The van der Waals surface area contributed by atoms with Crippen LogP contribution in [-0.2, 0) is 9.59 Å². The van der Waals surface area contributed by atoms with Gasteiger partial charge in [-0.2, -0.15) is 5.26 Å². The zero-order valence-electron chi connectivity index (χ0n) is 18.4. The van der Waals surface area contributed by atoms with Crippen molar-refractivity contribution in [2.45, 2.75) is 34.6 Å². The van der Waals surface area contributed by atoms with Crippen molar-refractivity contribution >= 4 is 23.2 Å². The van der Waals surface area contributed by atoms with Crippen LogP contribution in [0, 0.1) is 44.9 Å². The van der Waals surface area contributed by atoms with Gasteiger partial charge in [0.25, 0.3) is 0 Å². The maximum absolute atomic E-state index is 12.7. The lowest BCUT2D eigenvalue weighted by Crippen LogP contribution is -2.41. The Balaban J connectivity index is 2.09. The number of hydrogen-bond donors (Lipinski definition) is 2. The lowest BCUT2D eigenvalue weighted by Gasteiger charge is -2.23. The predicted molar refractivity (Wildman–Crippen MR) is 120 cm³/mol.